The number of hydrogen-bond donors (Lipinski definition) is 3. The number of carboxylic acid groups (broad SMARTS) is 1. The number of aliphatic carboxylic acids is 1. The molecule has 0 radical (unpaired) electrons. The van der Waals surface area contributed by atoms with Crippen molar-refractivity contribution in [2.45, 2.75) is 12.5 Å². The molecule has 0 aromatic carbocycles. The van der Waals surface area contributed by atoms with Crippen LogP contribution < -0.4 is 5.73 Å². The van der Waals surface area contributed by atoms with Crippen LogP contribution in [0.5, 0.6) is 0 Å². The van der Waals surface area contributed by atoms with Crippen LogP contribution in [0.2, 0.25) is 0 Å². The zero-order valence-electron chi connectivity index (χ0n) is 5.28. The molecular formula is C5H9NO3S. The van der Waals surface area contributed by atoms with Gasteiger partial charge in [-0.25, -0.2) is 0 Å². The van der Waals surface area contributed by atoms with E-state index >= 15 is 0 Å². The first kappa shape index (κ1) is 9.45. The average molecular weight is 163 g/mol. The average Bonchev–Trinajstić information content (AvgIpc) is 1.85. The molecule has 1 atom stereocenters. The van der Waals surface area contributed by atoms with Crippen molar-refractivity contribution in [2.24, 2.45) is 5.73 Å². The van der Waals surface area contributed by atoms with Crippen LogP contribution in [-0.4, -0.2) is 28.7 Å². The normalized spacial score (nSPS) is 12.6. The molecule has 0 amide bonds. The summed E-state index contributed by atoms with van der Waals surface area (Å²) in [6.07, 6.45) is -0.512. The van der Waals surface area contributed by atoms with E-state index in [1.54, 1.807) is 0 Å². The Hall–Kier alpha value is -0.550. The molecule has 1 unspecified atom stereocenters. The predicted octanol–water partition coefficient (Wildman–Crippen LogP) is -0.713. The minimum atomic E-state index is -1.15. The topological polar surface area (TPSA) is 80.4 Å². The van der Waals surface area contributed by atoms with Gasteiger partial charge in [0.1, 0.15) is 6.42 Å². The number of Topliss-reactive ketones (excluding diaryl/α,β-unsaturated/α-hetero) is 1. The molecule has 5 heteroatoms. The van der Waals surface area contributed by atoms with Gasteiger partial charge in [0.25, 0.3) is 0 Å². The van der Waals surface area contributed by atoms with E-state index in [4.69, 9.17) is 10.8 Å². The lowest BCUT2D eigenvalue weighted by Crippen LogP contribution is -2.33. The molecule has 0 rings (SSSR count). The highest BCUT2D eigenvalue weighted by Crippen LogP contribution is 1.90. The highest BCUT2D eigenvalue weighted by molar-refractivity contribution is 7.80. The van der Waals surface area contributed by atoms with Gasteiger partial charge in [-0.3, -0.25) is 9.59 Å². The van der Waals surface area contributed by atoms with Crippen molar-refractivity contribution in [3.05, 3.63) is 0 Å². The lowest BCUT2D eigenvalue weighted by Gasteiger charge is -2.02. The van der Waals surface area contributed by atoms with E-state index in [9.17, 15) is 9.59 Å². The molecule has 0 fully saturated rings. The highest BCUT2D eigenvalue weighted by atomic mass is 32.1. The van der Waals surface area contributed by atoms with Gasteiger partial charge in [-0.1, -0.05) is 0 Å². The van der Waals surface area contributed by atoms with E-state index in [1.807, 2.05) is 0 Å². The number of carbonyl (C=O) groups excluding carboxylic acids is 1. The van der Waals surface area contributed by atoms with Crippen LogP contribution in [0.1, 0.15) is 6.42 Å². The highest BCUT2D eigenvalue weighted by Gasteiger charge is 2.14. The molecule has 0 spiro atoms. The van der Waals surface area contributed by atoms with E-state index < -0.39 is 24.2 Å². The van der Waals surface area contributed by atoms with Gasteiger partial charge in [0.05, 0.1) is 6.04 Å². The number of carboxylic acids is 1. The van der Waals surface area contributed by atoms with Crippen molar-refractivity contribution in [1.29, 1.82) is 0 Å². The minimum absolute atomic E-state index is 0.187. The molecule has 0 aromatic rings. The van der Waals surface area contributed by atoms with Gasteiger partial charge < -0.3 is 10.8 Å². The first-order valence-corrected chi connectivity index (χ1v) is 3.32. The Morgan fingerprint density at radius 1 is 1.60 bits per heavy atom. The molecule has 0 aliphatic rings. The minimum Gasteiger partial charge on any atom is -0.481 e. The molecule has 0 heterocycles. The molecule has 3 N–H and O–H groups in total. The summed E-state index contributed by atoms with van der Waals surface area (Å²) < 4.78 is 0. The van der Waals surface area contributed by atoms with Crippen LogP contribution in [-0.2, 0) is 9.59 Å². The summed E-state index contributed by atoms with van der Waals surface area (Å²) in [6, 6.07) is -0.751. The standard InChI is InChI=1S/C5H9NO3S/c6-3(2-10)4(7)1-5(8)9/h3,10H,1-2,6H2,(H,8,9). The number of rotatable bonds is 4. The quantitative estimate of drug-likeness (QED) is 0.377. The van der Waals surface area contributed by atoms with Gasteiger partial charge in [0.15, 0.2) is 5.78 Å². The van der Waals surface area contributed by atoms with Crippen LogP contribution in [0.15, 0.2) is 0 Å². The smallest absolute Gasteiger partial charge is 0.310 e. The Morgan fingerprint density at radius 2 is 2.10 bits per heavy atom. The zero-order valence-corrected chi connectivity index (χ0v) is 6.17. The van der Waals surface area contributed by atoms with Crippen molar-refractivity contribution in [2.75, 3.05) is 5.75 Å². The fraction of sp³-hybridized carbons (Fsp3) is 0.600. The summed E-state index contributed by atoms with van der Waals surface area (Å²) >= 11 is 3.74. The molecule has 4 nitrogen and oxygen atoms in total. The number of carbonyl (C=O) groups is 2. The summed E-state index contributed by atoms with van der Waals surface area (Å²) in [7, 11) is 0. The second-order valence-electron chi connectivity index (χ2n) is 1.83. The summed E-state index contributed by atoms with van der Waals surface area (Å²) in [6.45, 7) is 0. The monoisotopic (exact) mass is 163 g/mol. The number of nitrogens with two attached hydrogens (primary N) is 1. The van der Waals surface area contributed by atoms with E-state index in [-0.39, 0.29) is 5.75 Å². The van der Waals surface area contributed by atoms with E-state index in [0.29, 0.717) is 0 Å². The van der Waals surface area contributed by atoms with Crippen molar-refractivity contribution >= 4 is 24.4 Å². The maximum atomic E-state index is 10.6. The van der Waals surface area contributed by atoms with Crippen molar-refractivity contribution < 1.29 is 14.7 Å². The number of hydrogen-bond acceptors (Lipinski definition) is 4. The van der Waals surface area contributed by atoms with Gasteiger partial charge in [0.2, 0.25) is 0 Å². The van der Waals surface area contributed by atoms with Gasteiger partial charge in [-0.15, -0.1) is 0 Å². The van der Waals surface area contributed by atoms with Crippen molar-refractivity contribution in [3.63, 3.8) is 0 Å². The third kappa shape index (κ3) is 3.47. The van der Waals surface area contributed by atoms with Gasteiger partial charge in [-0.2, -0.15) is 12.6 Å². The lowest BCUT2D eigenvalue weighted by atomic mass is 10.2. The molecule has 10 heavy (non-hydrogen) atoms. The predicted molar refractivity (Wildman–Crippen MR) is 39.1 cm³/mol. The summed E-state index contributed by atoms with van der Waals surface area (Å²) in [5.74, 6) is -1.45. The van der Waals surface area contributed by atoms with E-state index in [2.05, 4.69) is 12.6 Å². The maximum absolute atomic E-state index is 10.6. The van der Waals surface area contributed by atoms with Crippen molar-refractivity contribution in [1.82, 2.24) is 0 Å². The zero-order chi connectivity index (χ0) is 8.15. The second kappa shape index (κ2) is 4.29. The first-order chi connectivity index (χ1) is 4.57. The van der Waals surface area contributed by atoms with E-state index in [0.717, 1.165) is 0 Å². The SMILES string of the molecule is NC(CS)C(=O)CC(=O)O. The number of thiol groups is 1. The summed E-state index contributed by atoms with van der Waals surface area (Å²) in [5, 5.41) is 8.13. The van der Waals surface area contributed by atoms with Gasteiger partial charge in [-0.05, 0) is 0 Å². The Bertz CT molecular complexity index is 148. The lowest BCUT2D eigenvalue weighted by molar-refractivity contribution is -0.140. The molecule has 0 bridgehead atoms. The second-order valence-corrected chi connectivity index (χ2v) is 2.19. The third-order valence-corrected chi connectivity index (χ3v) is 1.33. The number of ketones is 1. The fourth-order valence-corrected chi connectivity index (χ4v) is 0.586. The van der Waals surface area contributed by atoms with Crippen LogP contribution in [0.3, 0.4) is 0 Å². The maximum Gasteiger partial charge on any atom is 0.310 e. The molecular weight excluding hydrogens is 154 g/mol. The van der Waals surface area contributed by atoms with Crippen LogP contribution in [0.25, 0.3) is 0 Å². The molecule has 0 aromatic heterocycles. The summed E-state index contributed by atoms with van der Waals surface area (Å²) in [4.78, 5) is 20.6. The Kier molecular flexibility index (Phi) is 4.06. The van der Waals surface area contributed by atoms with Crippen LogP contribution >= 0.6 is 12.6 Å². The van der Waals surface area contributed by atoms with Gasteiger partial charge >= 0.3 is 5.97 Å². The first-order valence-electron chi connectivity index (χ1n) is 2.69. The molecule has 0 aliphatic carbocycles. The molecule has 0 saturated carbocycles. The largest absolute Gasteiger partial charge is 0.481 e. The van der Waals surface area contributed by atoms with Crippen LogP contribution in [0.4, 0.5) is 0 Å². The molecule has 0 aliphatic heterocycles. The Morgan fingerprint density at radius 3 is 2.40 bits per heavy atom. The Labute approximate surface area is 63.8 Å². The third-order valence-electron chi connectivity index (χ3n) is 0.936. The molecule has 58 valence electrons. The molecule has 0 saturated heterocycles. The summed E-state index contributed by atoms with van der Waals surface area (Å²) in [5.41, 5.74) is 5.18. The van der Waals surface area contributed by atoms with Crippen molar-refractivity contribution in [3.8, 4) is 0 Å². The van der Waals surface area contributed by atoms with Crippen LogP contribution in [0, 0.1) is 0 Å². The fourth-order valence-electron chi connectivity index (χ4n) is 0.382. The Balaban J connectivity index is 3.73. The van der Waals surface area contributed by atoms with E-state index in [1.165, 1.54) is 0 Å². The van der Waals surface area contributed by atoms with Gasteiger partial charge in [0, 0.05) is 5.75 Å².